The van der Waals surface area contributed by atoms with E-state index in [2.05, 4.69) is 44.1 Å². The first kappa shape index (κ1) is 14.8. The summed E-state index contributed by atoms with van der Waals surface area (Å²) >= 11 is 0. The van der Waals surface area contributed by atoms with Crippen molar-refractivity contribution in [3.8, 4) is 0 Å². The van der Waals surface area contributed by atoms with Gasteiger partial charge in [0.15, 0.2) is 5.82 Å². The molecule has 2 aromatic heterocycles. The summed E-state index contributed by atoms with van der Waals surface area (Å²) in [4.78, 5) is 13.5. The molecule has 1 aliphatic heterocycles. The summed E-state index contributed by atoms with van der Waals surface area (Å²) in [5.74, 6) is 2.19. The molecule has 0 bridgehead atoms. The third-order valence-electron chi connectivity index (χ3n) is 4.83. The number of nitrogens with zero attached hydrogens (tertiary/aromatic N) is 5. The molecular weight excluding hydrogens is 290 g/mol. The fourth-order valence-electron chi connectivity index (χ4n) is 3.24. The van der Waals surface area contributed by atoms with Crippen LogP contribution in [0.3, 0.4) is 0 Å². The molecule has 0 amide bonds. The van der Waals surface area contributed by atoms with Crippen molar-refractivity contribution in [1.29, 1.82) is 0 Å². The Morgan fingerprint density at radius 2 is 2.09 bits per heavy atom. The lowest BCUT2D eigenvalue weighted by Crippen LogP contribution is -2.34. The Kier molecular flexibility index (Phi) is 4.10. The highest BCUT2D eigenvalue weighted by Crippen LogP contribution is 2.38. The zero-order chi connectivity index (χ0) is 15.6. The third-order valence-corrected chi connectivity index (χ3v) is 4.83. The molecule has 2 fully saturated rings. The third kappa shape index (κ3) is 3.59. The molecular formula is C17H23N5O. The highest BCUT2D eigenvalue weighted by Gasteiger charge is 2.30. The van der Waals surface area contributed by atoms with Gasteiger partial charge in [-0.15, -0.1) is 0 Å². The number of aromatic nitrogens is 3. The predicted octanol–water partition coefficient (Wildman–Crippen LogP) is 2.05. The molecule has 6 heteroatoms. The summed E-state index contributed by atoms with van der Waals surface area (Å²) in [7, 11) is 2.16. The van der Waals surface area contributed by atoms with Crippen molar-refractivity contribution in [2.75, 3.05) is 20.1 Å². The van der Waals surface area contributed by atoms with Gasteiger partial charge in [0, 0.05) is 44.0 Å². The Labute approximate surface area is 136 Å². The van der Waals surface area contributed by atoms with Crippen LogP contribution >= 0.6 is 0 Å². The SMILES string of the molecule is CN(Cc1noc(C2CC2)n1)[C@@H]1CCN(Cc2ccncc2)C1. The second-order valence-electron chi connectivity index (χ2n) is 6.77. The van der Waals surface area contributed by atoms with Gasteiger partial charge in [0.1, 0.15) is 0 Å². The number of hydrogen-bond acceptors (Lipinski definition) is 6. The Hall–Kier alpha value is -1.79. The maximum absolute atomic E-state index is 5.35. The fraction of sp³-hybridized carbons (Fsp3) is 0.588. The minimum absolute atomic E-state index is 0.531. The van der Waals surface area contributed by atoms with Gasteiger partial charge in [-0.1, -0.05) is 5.16 Å². The van der Waals surface area contributed by atoms with E-state index >= 15 is 0 Å². The lowest BCUT2D eigenvalue weighted by molar-refractivity contribution is 0.216. The van der Waals surface area contributed by atoms with Gasteiger partial charge in [-0.3, -0.25) is 14.8 Å². The monoisotopic (exact) mass is 313 g/mol. The average Bonchev–Trinajstić information content (AvgIpc) is 3.13. The first-order chi connectivity index (χ1) is 11.3. The Bertz CT molecular complexity index is 639. The zero-order valence-corrected chi connectivity index (χ0v) is 13.6. The molecule has 122 valence electrons. The van der Waals surface area contributed by atoms with E-state index in [1.165, 1.54) is 24.8 Å². The van der Waals surface area contributed by atoms with Crippen molar-refractivity contribution in [1.82, 2.24) is 24.9 Å². The van der Waals surface area contributed by atoms with E-state index in [9.17, 15) is 0 Å². The molecule has 3 heterocycles. The topological polar surface area (TPSA) is 58.3 Å². The molecule has 6 nitrogen and oxygen atoms in total. The number of pyridine rings is 1. The molecule has 0 spiro atoms. The van der Waals surface area contributed by atoms with Crippen molar-refractivity contribution in [2.45, 2.75) is 44.3 Å². The molecule has 1 atom stereocenters. The summed E-state index contributed by atoms with van der Waals surface area (Å²) in [5.41, 5.74) is 1.33. The molecule has 0 unspecified atom stereocenters. The quantitative estimate of drug-likeness (QED) is 0.813. The second kappa shape index (κ2) is 6.37. The number of rotatable bonds is 6. The zero-order valence-electron chi connectivity index (χ0n) is 13.6. The van der Waals surface area contributed by atoms with Gasteiger partial charge in [-0.05, 0) is 44.0 Å². The van der Waals surface area contributed by atoms with Crippen molar-refractivity contribution < 1.29 is 4.52 Å². The number of hydrogen-bond donors (Lipinski definition) is 0. The molecule has 1 saturated heterocycles. The molecule has 4 rings (SSSR count). The van der Waals surface area contributed by atoms with Crippen LogP contribution in [-0.4, -0.2) is 51.1 Å². The molecule has 0 radical (unpaired) electrons. The number of likely N-dealkylation sites (N-methyl/N-ethyl adjacent to an activating group) is 1. The van der Waals surface area contributed by atoms with Gasteiger partial charge in [-0.25, -0.2) is 0 Å². The van der Waals surface area contributed by atoms with Crippen LogP contribution in [0.1, 0.15) is 42.5 Å². The smallest absolute Gasteiger partial charge is 0.229 e. The molecule has 0 aromatic carbocycles. The molecule has 2 aromatic rings. The van der Waals surface area contributed by atoms with Crippen LogP contribution in [-0.2, 0) is 13.1 Å². The van der Waals surface area contributed by atoms with E-state index in [-0.39, 0.29) is 0 Å². The van der Waals surface area contributed by atoms with Crippen LogP contribution in [0.4, 0.5) is 0 Å². The van der Waals surface area contributed by atoms with Gasteiger partial charge in [0.05, 0.1) is 6.54 Å². The van der Waals surface area contributed by atoms with Crippen LogP contribution < -0.4 is 0 Å². The van der Waals surface area contributed by atoms with Gasteiger partial charge >= 0.3 is 0 Å². The van der Waals surface area contributed by atoms with Crippen molar-refractivity contribution in [3.63, 3.8) is 0 Å². The van der Waals surface area contributed by atoms with Gasteiger partial charge in [-0.2, -0.15) is 4.98 Å². The molecule has 23 heavy (non-hydrogen) atoms. The fourth-order valence-corrected chi connectivity index (χ4v) is 3.24. The molecule has 1 aliphatic carbocycles. The maximum Gasteiger partial charge on any atom is 0.229 e. The largest absolute Gasteiger partial charge is 0.339 e. The van der Waals surface area contributed by atoms with Crippen molar-refractivity contribution in [2.24, 2.45) is 0 Å². The van der Waals surface area contributed by atoms with Crippen molar-refractivity contribution >= 4 is 0 Å². The first-order valence-electron chi connectivity index (χ1n) is 8.42. The van der Waals surface area contributed by atoms with Crippen LogP contribution in [0.2, 0.25) is 0 Å². The normalized spacial score (nSPS) is 22.1. The van der Waals surface area contributed by atoms with E-state index in [0.717, 1.165) is 37.9 Å². The lowest BCUT2D eigenvalue weighted by atomic mass is 10.2. The Balaban J connectivity index is 1.29. The average molecular weight is 313 g/mol. The minimum atomic E-state index is 0.531. The van der Waals surface area contributed by atoms with Crippen LogP contribution in [0.15, 0.2) is 29.0 Å². The Morgan fingerprint density at radius 1 is 1.26 bits per heavy atom. The second-order valence-corrected chi connectivity index (χ2v) is 6.77. The van der Waals surface area contributed by atoms with Gasteiger partial charge in [0.2, 0.25) is 5.89 Å². The summed E-state index contributed by atoms with van der Waals surface area (Å²) in [6.45, 7) is 3.99. The van der Waals surface area contributed by atoms with E-state index in [4.69, 9.17) is 4.52 Å². The maximum atomic E-state index is 5.35. The summed E-state index contributed by atoms with van der Waals surface area (Å²) in [6, 6.07) is 4.74. The highest BCUT2D eigenvalue weighted by atomic mass is 16.5. The predicted molar refractivity (Wildman–Crippen MR) is 85.7 cm³/mol. The van der Waals surface area contributed by atoms with E-state index in [1.54, 1.807) is 0 Å². The van der Waals surface area contributed by atoms with Gasteiger partial charge in [0.25, 0.3) is 0 Å². The van der Waals surface area contributed by atoms with E-state index in [1.807, 2.05) is 12.4 Å². The summed E-state index contributed by atoms with van der Waals surface area (Å²) in [5, 5.41) is 4.13. The van der Waals surface area contributed by atoms with Crippen LogP contribution in [0.5, 0.6) is 0 Å². The highest BCUT2D eigenvalue weighted by molar-refractivity contribution is 5.10. The molecule has 2 aliphatic rings. The lowest BCUT2D eigenvalue weighted by Gasteiger charge is -2.23. The van der Waals surface area contributed by atoms with E-state index < -0.39 is 0 Å². The van der Waals surface area contributed by atoms with E-state index in [0.29, 0.717) is 12.0 Å². The first-order valence-corrected chi connectivity index (χ1v) is 8.42. The molecule has 1 saturated carbocycles. The molecule has 0 N–H and O–H groups in total. The minimum Gasteiger partial charge on any atom is -0.339 e. The van der Waals surface area contributed by atoms with Crippen molar-refractivity contribution in [3.05, 3.63) is 41.8 Å². The van der Waals surface area contributed by atoms with Crippen LogP contribution in [0, 0.1) is 0 Å². The van der Waals surface area contributed by atoms with Crippen LogP contribution in [0.25, 0.3) is 0 Å². The summed E-state index contributed by atoms with van der Waals surface area (Å²) in [6.07, 6.45) is 7.31. The summed E-state index contributed by atoms with van der Waals surface area (Å²) < 4.78 is 5.35. The standard InChI is InChI=1S/C17H23N5O/c1-21(12-16-19-17(23-20-16)14-2-3-14)15-6-9-22(11-15)10-13-4-7-18-8-5-13/h4-5,7-8,14-15H,2-3,6,9-12H2,1H3/t15-/m1/s1. The Morgan fingerprint density at radius 3 is 2.87 bits per heavy atom. The number of likely N-dealkylation sites (tertiary alicyclic amines) is 1. The van der Waals surface area contributed by atoms with Gasteiger partial charge < -0.3 is 4.52 Å².